The highest BCUT2D eigenvalue weighted by Gasteiger charge is 2.20. The van der Waals surface area contributed by atoms with E-state index >= 15 is 0 Å². The highest BCUT2D eigenvalue weighted by molar-refractivity contribution is 5.84. The van der Waals surface area contributed by atoms with Crippen molar-refractivity contribution in [1.29, 1.82) is 0 Å². The minimum atomic E-state index is -0.524. The SMILES string of the molecule is C[C@@H]1CCc2ncc(F)cc2[C@H](C)Nc2ccc3ncn(c3n2)C(=O)O1. The van der Waals surface area contributed by atoms with E-state index in [-0.39, 0.29) is 18.0 Å². The van der Waals surface area contributed by atoms with Crippen LogP contribution < -0.4 is 5.32 Å². The van der Waals surface area contributed by atoms with Crippen LogP contribution in [-0.2, 0) is 11.2 Å². The number of nitrogens with zero attached hydrogens (tertiary/aromatic N) is 4. The lowest BCUT2D eigenvalue weighted by Crippen LogP contribution is -2.20. The second kappa shape index (κ2) is 6.36. The fourth-order valence-electron chi connectivity index (χ4n) is 3.10. The molecular formula is C18H18FN5O2. The number of pyridine rings is 2. The third-order valence-corrected chi connectivity index (χ3v) is 4.48. The Morgan fingerprint density at radius 2 is 2.15 bits per heavy atom. The lowest BCUT2D eigenvalue weighted by Gasteiger charge is -2.18. The van der Waals surface area contributed by atoms with E-state index in [1.807, 2.05) is 13.8 Å². The number of cyclic esters (lactones) is 1. The molecule has 0 unspecified atom stereocenters. The van der Waals surface area contributed by atoms with Crippen LogP contribution in [-0.4, -0.2) is 31.7 Å². The van der Waals surface area contributed by atoms with E-state index in [4.69, 9.17) is 4.74 Å². The van der Waals surface area contributed by atoms with Crippen LogP contribution in [0, 0.1) is 5.82 Å². The molecule has 134 valence electrons. The predicted molar refractivity (Wildman–Crippen MR) is 93.4 cm³/mol. The molecule has 7 nitrogen and oxygen atoms in total. The van der Waals surface area contributed by atoms with E-state index in [0.717, 1.165) is 11.3 Å². The highest BCUT2D eigenvalue weighted by Crippen LogP contribution is 2.25. The van der Waals surface area contributed by atoms with Gasteiger partial charge in [0, 0.05) is 5.69 Å². The van der Waals surface area contributed by atoms with Gasteiger partial charge in [0.1, 0.15) is 29.6 Å². The van der Waals surface area contributed by atoms with Gasteiger partial charge in [-0.05, 0) is 50.5 Å². The Morgan fingerprint density at radius 3 is 3.00 bits per heavy atom. The van der Waals surface area contributed by atoms with Gasteiger partial charge >= 0.3 is 6.09 Å². The first-order valence-corrected chi connectivity index (χ1v) is 8.47. The van der Waals surface area contributed by atoms with Crippen molar-refractivity contribution in [1.82, 2.24) is 19.5 Å². The first-order chi connectivity index (χ1) is 12.5. The summed E-state index contributed by atoms with van der Waals surface area (Å²) in [7, 11) is 0. The predicted octanol–water partition coefficient (Wildman–Crippen LogP) is 3.46. The number of halogens is 1. The molecule has 4 rings (SSSR count). The van der Waals surface area contributed by atoms with Crippen LogP contribution in [0.4, 0.5) is 15.0 Å². The van der Waals surface area contributed by atoms with Gasteiger partial charge in [0.05, 0.1) is 12.2 Å². The molecule has 1 aliphatic rings. The molecule has 4 heterocycles. The van der Waals surface area contributed by atoms with Gasteiger partial charge in [-0.3, -0.25) is 4.98 Å². The normalized spacial score (nSPS) is 20.5. The lowest BCUT2D eigenvalue weighted by atomic mass is 10.0. The molecule has 0 fully saturated rings. The molecule has 2 atom stereocenters. The van der Waals surface area contributed by atoms with E-state index in [0.29, 0.717) is 29.8 Å². The maximum atomic E-state index is 13.8. The quantitative estimate of drug-likeness (QED) is 0.665. The Balaban J connectivity index is 1.82. The minimum absolute atomic E-state index is 0.206. The van der Waals surface area contributed by atoms with Gasteiger partial charge in [-0.2, -0.15) is 0 Å². The number of imidazole rings is 1. The average Bonchev–Trinajstić information content (AvgIpc) is 3.03. The van der Waals surface area contributed by atoms with Crippen LogP contribution in [0.5, 0.6) is 0 Å². The van der Waals surface area contributed by atoms with Crippen molar-refractivity contribution in [3.05, 3.63) is 47.8 Å². The number of hydrogen-bond acceptors (Lipinski definition) is 6. The molecule has 0 spiro atoms. The van der Waals surface area contributed by atoms with Gasteiger partial charge in [-0.1, -0.05) is 0 Å². The van der Waals surface area contributed by atoms with Crippen LogP contribution in [0.15, 0.2) is 30.7 Å². The number of nitrogens with one attached hydrogen (secondary N) is 1. The van der Waals surface area contributed by atoms with Crippen LogP contribution in [0.25, 0.3) is 11.2 Å². The van der Waals surface area contributed by atoms with Crippen molar-refractivity contribution < 1.29 is 13.9 Å². The Morgan fingerprint density at radius 1 is 1.31 bits per heavy atom. The Hall–Kier alpha value is -3.03. The van der Waals surface area contributed by atoms with Crippen LogP contribution in [0.1, 0.15) is 37.6 Å². The molecule has 2 bridgehead atoms. The van der Waals surface area contributed by atoms with E-state index in [2.05, 4.69) is 20.3 Å². The van der Waals surface area contributed by atoms with Crippen molar-refractivity contribution in [2.45, 2.75) is 38.8 Å². The van der Waals surface area contributed by atoms with Gasteiger partial charge in [-0.25, -0.2) is 23.7 Å². The summed E-state index contributed by atoms with van der Waals surface area (Å²) in [4.78, 5) is 25.3. The molecule has 3 aromatic heterocycles. The summed E-state index contributed by atoms with van der Waals surface area (Å²) in [5, 5.41) is 3.25. The molecule has 1 aliphatic heterocycles. The lowest BCUT2D eigenvalue weighted by molar-refractivity contribution is 0.104. The molecule has 0 aliphatic carbocycles. The fourth-order valence-corrected chi connectivity index (χ4v) is 3.10. The number of anilines is 1. The largest absolute Gasteiger partial charge is 0.446 e. The summed E-state index contributed by atoms with van der Waals surface area (Å²) < 4.78 is 20.5. The van der Waals surface area contributed by atoms with E-state index in [9.17, 15) is 9.18 Å². The van der Waals surface area contributed by atoms with Crippen LogP contribution in [0.2, 0.25) is 0 Å². The Kier molecular flexibility index (Phi) is 4.02. The monoisotopic (exact) mass is 355 g/mol. The number of carbonyl (C=O) groups excluding carboxylic acids is 1. The van der Waals surface area contributed by atoms with Crippen molar-refractivity contribution >= 4 is 23.1 Å². The molecule has 26 heavy (non-hydrogen) atoms. The smallest absolute Gasteiger partial charge is 0.421 e. The van der Waals surface area contributed by atoms with Gasteiger partial charge in [0.2, 0.25) is 0 Å². The number of aromatic nitrogens is 4. The molecule has 0 saturated carbocycles. The Bertz CT molecular complexity index is 987. The molecule has 8 heteroatoms. The van der Waals surface area contributed by atoms with Crippen LogP contribution in [0.3, 0.4) is 0 Å². The third kappa shape index (κ3) is 2.98. The van der Waals surface area contributed by atoms with Crippen molar-refractivity contribution in [3.63, 3.8) is 0 Å². The second-order valence-electron chi connectivity index (χ2n) is 6.44. The minimum Gasteiger partial charge on any atom is -0.446 e. The number of rotatable bonds is 0. The Labute approximate surface area is 149 Å². The molecule has 0 radical (unpaired) electrons. The van der Waals surface area contributed by atoms with E-state index in [1.54, 1.807) is 12.1 Å². The van der Waals surface area contributed by atoms with Crippen molar-refractivity contribution in [2.24, 2.45) is 0 Å². The number of hydrogen-bond donors (Lipinski definition) is 1. The standard InChI is InChI=1S/C18H18FN5O2/c1-10-3-4-14-13(7-12(19)8-20-14)11(2)22-16-6-5-15-17(23-16)24(9-21-15)18(25)26-10/h5-11H,3-4H2,1-2H3,(H,22,23)/t10-,11+/m1/s1. The molecule has 0 saturated heterocycles. The summed E-state index contributed by atoms with van der Waals surface area (Å²) in [6.07, 6.45) is 2.91. The molecule has 0 aromatic carbocycles. The molecule has 1 N–H and O–H groups in total. The number of ether oxygens (including phenoxy) is 1. The highest BCUT2D eigenvalue weighted by atomic mass is 19.1. The maximum Gasteiger partial charge on any atom is 0.421 e. The van der Waals surface area contributed by atoms with Crippen molar-refractivity contribution in [2.75, 3.05) is 5.32 Å². The first-order valence-electron chi connectivity index (χ1n) is 8.47. The van der Waals surface area contributed by atoms with E-state index < -0.39 is 6.09 Å². The van der Waals surface area contributed by atoms with Crippen molar-refractivity contribution in [3.8, 4) is 0 Å². The summed E-state index contributed by atoms with van der Waals surface area (Å²) in [6, 6.07) is 4.83. The fraction of sp³-hybridized carbons (Fsp3) is 0.333. The third-order valence-electron chi connectivity index (χ3n) is 4.48. The van der Waals surface area contributed by atoms with Gasteiger partial charge in [0.25, 0.3) is 0 Å². The molecule has 3 aromatic rings. The van der Waals surface area contributed by atoms with E-state index in [1.165, 1.54) is 23.2 Å². The number of fused-ring (bicyclic) bond motifs is 2. The zero-order valence-corrected chi connectivity index (χ0v) is 14.4. The van der Waals surface area contributed by atoms with Gasteiger partial charge in [-0.15, -0.1) is 0 Å². The number of aryl methyl sites for hydroxylation is 1. The maximum absolute atomic E-state index is 13.8. The number of carbonyl (C=O) groups is 1. The second-order valence-corrected chi connectivity index (χ2v) is 6.44. The zero-order chi connectivity index (χ0) is 18.3. The summed E-state index contributed by atoms with van der Waals surface area (Å²) in [5.74, 6) is 0.171. The van der Waals surface area contributed by atoms with Gasteiger partial charge in [0.15, 0.2) is 5.65 Å². The molecular weight excluding hydrogens is 337 g/mol. The zero-order valence-electron chi connectivity index (χ0n) is 14.4. The average molecular weight is 355 g/mol. The van der Waals surface area contributed by atoms with Gasteiger partial charge < -0.3 is 10.1 Å². The summed E-state index contributed by atoms with van der Waals surface area (Å²) >= 11 is 0. The molecule has 0 amide bonds. The first kappa shape index (κ1) is 16.4. The topological polar surface area (TPSA) is 81.9 Å². The summed E-state index contributed by atoms with van der Waals surface area (Å²) in [5.41, 5.74) is 2.54. The summed E-state index contributed by atoms with van der Waals surface area (Å²) in [6.45, 7) is 3.74. The van der Waals surface area contributed by atoms with Crippen LogP contribution >= 0.6 is 0 Å².